The molecule has 0 bridgehead atoms. The maximum absolute atomic E-state index is 12.6. The lowest BCUT2D eigenvalue weighted by molar-refractivity contribution is 0.318. The third-order valence-corrected chi connectivity index (χ3v) is 4.34. The molecule has 0 radical (unpaired) electrons. The molecule has 0 unspecified atom stereocenters. The van der Waals surface area contributed by atoms with Crippen LogP contribution < -0.4 is 21.4 Å². The van der Waals surface area contributed by atoms with Crippen LogP contribution in [0.3, 0.4) is 0 Å². The van der Waals surface area contributed by atoms with Crippen molar-refractivity contribution in [3.05, 3.63) is 44.6 Å². The van der Waals surface area contributed by atoms with Crippen LogP contribution in [-0.4, -0.2) is 36.6 Å². The molecule has 28 heavy (non-hydrogen) atoms. The van der Waals surface area contributed by atoms with Crippen LogP contribution in [0.2, 0.25) is 0 Å². The summed E-state index contributed by atoms with van der Waals surface area (Å²) in [6, 6.07) is 4.86. The van der Waals surface area contributed by atoms with Gasteiger partial charge < -0.3 is 14.4 Å². The van der Waals surface area contributed by atoms with Crippen LogP contribution in [0.15, 0.2) is 32.9 Å². The molecule has 0 fully saturated rings. The number of aromatic nitrogens is 4. The topological polar surface area (TPSA) is 116 Å². The van der Waals surface area contributed by atoms with Crippen LogP contribution in [0.5, 0.6) is 11.5 Å². The Balaban J connectivity index is 1.95. The minimum absolute atomic E-state index is 0.0513. The summed E-state index contributed by atoms with van der Waals surface area (Å²) < 4.78 is 9.39. The Bertz CT molecular complexity index is 1170. The lowest BCUT2D eigenvalue weighted by Crippen LogP contribution is -2.39. The third-order valence-electron chi connectivity index (χ3n) is 4.34. The zero-order valence-electron chi connectivity index (χ0n) is 16.1. The summed E-state index contributed by atoms with van der Waals surface area (Å²) in [6.45, 7) is 4.27. The first-order chi connectivity index (χ1) is 13.4. The quantitative estimate of drug-likeness (QED) is 0.482. The number of aryl methyl sites for hydroxylation is 2. The number of fused-ring (bicyclic) bond motifs is 1. The smallest absolute Gasteiger partial charge is 0.332 e. The van der Waals surface area contributed by atoms with E-state index < -0.39 is 11.2 Å². The highest BCUT2D eigenvalue weighted by Crippen LogP contribution is 2.26. The van der Waals surface area contributed by atoms with Crippen molar-refractivity contribution in [2.75, 3.05) is 12.0 Å². The summed E-state index contributed by atoms with van der Waals surface area (Å²) in [5, 5.41) is 13.9. The molecule has 0 aliphatic rings. The Morgan fingerprint density at radius 3 is 2.68 bits per heavy atom. The highest BCUT2D eigenvalue weighted by atomic mass is 16.5. The van der Waals surface area contributed by atoms with E-state index in [0.29, 0.717) is 29.4 Å². The van der Waals surface area contributed by atoms with Crippen LogP contribution in [0.1, 0.15) is 19.4 Å². The maximum Gasteiger partial charge on any atom is 0.332 e. The SMILES string of the molecule is CCOc1cc(/C=N\Nc2nc3c(c(=O)n(CC)c(=O)n3C)n2C)ccc1O. The third kappa shape index (κ3) is 3.24. The van der Waals surface area contributed by atoms with E-state index in [0.717, 1.165) is 4.57 Å². The Labute approximate surface area is 160 Å². The molecular weight excluding hydrogens is 364 g/mol. The van der Waals surface area contributed by atoms with E-state index in [1.807, 2.05) is 6.92 Å². The van der Waals surface area contributed by atoms with E-state index >= 15 is 0 Å². The largest absolute Gasteiger partial charge is 0.504 e. The first kappa shape index (κ1) is 19.2. The summed E-state index contributed by atoms with van der Waals surface area (Å²) in [6.07, 6.45) is 1.53. The fourth-order valence-electron chi connectivity index (χ4n) is 2.87. The van der Waals surface area contributed by atoms with Gasteiger partial charge in [-0.25, -0.2) is 10.2 Å². The minimum Gasteiger partial charge on any atom is -0.504 e. The minimum atomic E-state index is -0.416. The van der Waals surface area contributed by atoms with Gasteiger partial charge in [0.2, 0.25) is 5.95 Å². The van der Waals surface area contributed by atoms with Crippen LogP contribution in [0, 0.1) is 0 Å². The number of hydrogen-bond donors (Lipinski definition) is 2. The fraction of sp³-hybridized carbons (Fsp3) is 0.333. The van der Waals surface area contributed by atoms with Crippen molar-refractivity contribution in [1.82, 2.24) is 18.7 Å². The van der Waals surface area contributed by atoms with Gasteiger partial charge in [0.05, 0.1) is 12.8 Å². The molecule has 148 valence electrons. The van der Waals surface area contributed by atoms with Gasteiger partial charge in [-0.05, 0) is 37.6 Å². The molecule has 2 N–H and O–H groups in total. The molecule has 3 aromatic rings. The Morgan fingerprint density at radius 2 is 2.00 bits per heavy atom. The number of phenolic OH excluding ortho intramolecular Hbond substituents is 1. The number of ether oxygens (including phenoxy) is 1. The van der Waals surface area contributed by atoms with Crippen molar-refractivity contribution in [3.8, 4) is 11.5 Å². The predicted octanol–water partition coefficient (Wildman–Crippen LogP) is 1.00. The molecule has 0 amide bonds. The lowest BCUT2D eigenvalue weighted by Gasteiger charge is -2.06. The Morgan fingerprint density at radius 1 is 1.25 bits per heavy atom. The number of anilines is 1. The summed E-state index contributed by atoms with van der Waals surface area (Å²) in [5.74, 6) is 0.732. The van der Waals surface area contributed by atoms with Gasteiger partial charge in [0.1, 0.15) is 0 Å². The molecular formula is C18H22N6O4. The average molecular weight is 386 g/mol. The lowest BCUT2D eigenvalue weighted by atomic mass is 10.2. The molecule has 0 aliphatic carbocycles. The van der Waals surface area contributed by atoms with Crippen LogP contribution in [0.4, 0.5) is 5.95 Å². The van der Waals surface area contributed by atoms with Crippen molar-refractivity contribution in [2.24, 2.45) is 19.2 Å². The van der Waals surface area contributed by atoms with Crippen molar-refractivity contribution >= 4 is 23.3 Å². The van der Waals surface area contributed by atoms with Gasteiger partial charge in [0.25, 0.3) is 5.56 Å². The summed E-state index contributed by atoms with van der Waals surface area (Å²) >= 11 is 0. The Hall–Kier alpha value is -3.56. The highest BCUT2D eigenvalue weighted by molar-refractivity contribution is 5.81. The maximum atomic E-state index is 12.6. The van der Waals surface area contributed by atoms with Crippen LogP contribution in [-0.2, 0) is 20.6 Å². The second-order valence-electron chi connectivity index (χ2n) is 6.09. The number of phenols is 1. The monoisotopic (exact) mass is 386 g/mol. The second kappa shape index (κ2) is 7.59. The molecule has 0 saturated carbocycles. The van der Waals surface area contributed by atoms with E-state index in [-0.39, 0.29) is 17.9 Å². The number of imidazole rings is 1. The number of aromatic hydroxyl groups is 1. The summed E-state index contributed by atoms with van der Waals surface area (Å²) in [7, 11) is 3.24. The molecule has 0 aliphatic heterocycles. The standard InChI is InChI=1S/C18H22N6O4/c1-5-24-16(26)14-15(23(4)18(24)27)20-17(22(14)3)21-19-10-11-7-8-12(25)13(9-11)28-6-2/h7-10,25H,5-6H2,1-4H3,(H,20,21)/b19-10-. The Kier molecular flexibility index (Phi) is 5.21. The molecule has 3 rings (SSSR count). The zero-order chi connectivity index (χ0) is 20.4. The molecule has 0 saturated heterocycles. The van der Waals surface area contributed by atoms with Gasteiger partial charge in [0, 0.05) is 20.6 Å². The summed E-state index contributed by atoms with van der Waals surface area (Å²) in [4.78, 5) is 29.2. The van der Waals surface area contributed by atoms with Gasteiger partial charge >= 0.3 is 5.69 Å². The number of nitrogens with zero attached hydrogens (tertiary/aromatic N) is 5. The number of hydrogen-bond acceptors (Lipinski definition) is 7. The van der Waals surface area contributed by atoms with Crippen molar-refractivity contribution < 1.29 is 9.84 Å². The zero-order valence-corrected chi connectivity index (χ0v) is 16.1. The molecule has 10 heteroatoms. The fourth-order valence-corrected chi connectivity index (χ4v) is 2.87. The molecule has 2 aromatic heterocycles. The number of nitrogens with one attached hydrogen (secondary N) is 1. The van der Waals surface area contributed by atoms with Gasteiger partial charge in [0.15, 0.2) is 22.7 Å². The van der Waals surface area contributed by atoms with Gasteiger partial charge in [-0.3, -0.25) is 13.9 Å². The average Bonchev–Trinajstić information content (AvgIpc) is 3.00. The van der Waals surface area contributed by atoms with E-state index in [1.54, 1.807) is 37.7 Å². The first-order valence-corrected chi connectivity index (χ1v) is 8.80. The van der Waals surface area contributed by atoms with Gasteiger partial charge in [-0.15, -0.1) is 0 Å². The van der Waals surface area contributed by atoms with Gasteiger partial charge in [-0.1, -0.05) is 0 Å². The predicted molar refractivity (Wildman–Crippen MR) is 106 cm³/mol. The first-order valence-electron chi connectivity index (χ1n) is 8.80. The van der Waals surface area contributed by atoms with E-state index in [2.05, 4.69) is 15.5 Å². The van der Waals surface area contributed by atoms with Crippen LogP contribution in [0.25, 0.3) is 11.2 Å². The van der Waals surface area contributed by atoms with Crippen LogP contribution >= 0.6 is 0 Å². The molecule has 0 atom stereocenters. The molecule has 10 nitrogen and oxygen atoms in total. The molecule has 1 aromatic carbocycles. The second-order valence-corrected chi connectivity index (χ2v) is 6.09. The number of hydrazone groups is 1. The van der Waals surface area contributed by atoms with Gasteiger partial charge in [-0.2, -0.15) is 10.1 Å². The highest BCUT2D eigenvalue weighted by Gasteiger charge is 2.17. The van der Waals surface area contributed by atoms with E-state index in [4.69, 9.17) is 4.74 Å². The van der Waals surface area contributed by atoms with E-state index in [1.165, 1.54) is 16.8 Å². The molecule has 2 heterocycles. The molecule has 0 spiro atoms. The van der Waals surface area contributed by atoms with Crippen molar-refractivity contribution in [3.63, 3.8) is 0 Å². The number of rotatable bonds is 6. The normalized spacial score (nSPS) is 11.4. The van der Waals surface area contributed by atoms with E-state index in [9.17, 15) is 14.7 Å². The van der Waals surface area contributed by atoms with Crippen molar-refractivity contribution in [1.29, 1.82) is 0 Å². The number of benzene rings is 1. The van der Waals surface area contributed by atoms with Crippen molar-refractivity contribution in [2.45, 2.75) is 20.4 Å². The summed E-state index contributed by atoms with van der Waals surface area (Å²) in [5.41, 5.74) is 3.26.